The van der Waals surface area contributed by atoms with E-state index >= 15 is 0 Å². The number of hydrogen-bond acceptors (Lipinski definition) is 2. The molecular weight excluding hydrogens is 210 g/mol. The molecule has 0 aromatic heterocycles. The van der Waals surface area contributed by atoms with E-state index in [9.17, 15) is 0 Å². The Hall–Kier alpha value is -0.730. The van der Waals surface area contributed by atoms with Crippen molar-refractivity contribution in [2.75, 3.05) is 0 Å². The summed E-state index contributed by atoms with van der Waals surface area (Å²) in [5.74, 6) is 0.786. The Morgan fingerprint density at radius 3 is 2.73 bits per heavy atom. The maximum absolute atomic E-state index is 6.11. The zero-order chi connectivity index (χ0) is 10.7. The van der Waals surface area contributed by atoms with Gasteiger partial charge in [0.25, 0.3) is 0 Å². The summed E-state index contributed by atoms with van der Waals surface area (Å²) in [6, 6.07) is 5.73. The average Bonchev–Trinajstić information content (AvgIpc) is 2.74. The van der Waals surface area contributed by atoms with Crippen LogP contribution in [0.1, 0.15) is 31.2 Å². The second kappa shape index (κ2) is 4.86. The fourth-order valence-electron chi connectivity index (χ4n) is 2.02. The second-order valence-electron chi connectivity index (χ2n) is 3.96. The molecule has 0 spiro atoms. The first-order chi connectivity index (χ1) is 7.31. The van der Waals surface area contributed by atoms with Crippen LogP contribution in [0.2, 0.25) is 5.02 Å². The van der Waals surface area contributed by atoms with Gasteiger partial charge in [0.15, 0.2) is 0 Å². The molecule has 1 fully saturated rings. The van der Waals surface area contributed by atoms with Crippen LogP contribution in [0.15, 0.2) is 18.2 Å². The molecule has 0 unspecified atom stereocenters. The molecule has 0 saturated heterocycles. The molecule has 2 rings (SSSR count). The van der Waals surface area contributed by atoms with Crippen LogP contribution in [-0.4, -0.2) is 6.10 Å². The van der Waals surface area contributed by atoms with Gasteiger partial charge in [-0.15, -0.1) is 0 Å². The zero-order valence-electron chi connectivity index (χ0n) is 8.71. The highest BCUT2D eigenvalue weighted by molar-refractivity contribution is 6.32. The Morgan fingerprint density at radius 1 is 1.33 bits per heavy atom. The Bertz CT molecular complexity index is 334. The molecule has 3 heteroatoms. The first kappa shape index (κ1) is 10.8. The van der Waals surface area contributed by atoms with E-state index in [0.717, 1.165) is 24.2 Å². The lowest BCUT2D eigenvalue weighted by Gasteiger charge is -2.17. The fourth-order valence-corrected chi connectivity index (χ4v) is 2.26. The minimum Gasteiger partial charge on any atom is -0.489 e. The first-order valence-electron chi connectivity index (χ1n) is 5.45. The lowest BCUT2D eigenvalue weighted by atomic mass is 10.2. The Balaban J connectivity index is 2.17. The van der Waals surface area contributed by atoms with Gasteiger partial charge in [-0.25, -0.2) is 0 Å². The predicted molar refractivity (Wildman–Crippen MR) is 62.2 cm³/mol. The van der Waals surface area contributed by atoms with Crippen molar-refractivity contribution in [2.45, 2.75) is 38.3 Å². The quantitative estimate of drug-likeness (QED) is 0.858. The maximum Gasteiger partial charge on any atom is 0.142 e. The van der Waals surface area contributed by atoms with E-state index in [4.69, 9.17) is 22.1 Å². The summed E-state index contributed by atoms with van der Waals surface area (Å²) in [6.07, 6.45) is 5.11. The first-order valence-corrected chi connectivity index (χ1v) is 5.83. The van der Waals surface area contributed by atoms with Gasteiger partial charge in [-0.1, -0.05) is 23.7 Å². The molecule has 1 aliphatic carbocycles. The Kier molecular flexibility index (Phi) is 3.49. The van der Waals surface area contributed by atoms with E-state index in [1.165, 1.54) is 12.8 Å². The molecule has 0 radical (unpaired) electrons. The van der Waals surface area contributed by atoms with Crippen molar-refractivity contribution in [3.8, 4) is 5.75 Å². The number of para-hydroxylation sites is 1. The summed E-state index contributed by atoms with van der Waals surface area (Å²) >= 11 is 6.11. The van der Waals surface area contributed by atoms with Crippen LogP contribution in [0, 0.1) is 0 Å². The van der Waals surface area contributed by atoms with Gasteiger partial charge in [-0.2, -0.15) is 0 Å². The lowest BCUT2D eigenvalue weighted by molar-refractivity contribution is 0.208. The summed E-state index contributed by atoms with van der Waals surface area (Å²) < 4.78 is 5.92. The molecular formula is C12H16ClNO. The van der Waals surface area contributed by atoms with E-state index < -0.39 is 0 Å². The minimum absolute atomic E-state index is 0.329. The smallest absolute Gasteiger partial charge is 0.142 e. The average molecular weight is 226 g/mol. The summed E-state index contributed by atoms with van der Waals surface area (Å²) in [6.45, 7) is 0.475. The molecule has 0 bridgehead atoms. The SMILES string of the molecule is NCc1cccc(Cl)c1OC1CCCC1. The molecule has 2 nitrogen and oxygen atoms in total. The summed E-state index contributed by atoms with van der Waals surface area (Å²) in [5, 5.41) is 0.671. The van der Waals surface area contributed by atoms with Gasteiger partial charge in [0.1, 0.15) is 5.75 Å². The van der Waals surface area contributed by atoms with E-state index in [0.29, 0.717) is 17.7 Å². The highest BCUT2D eigenvalue weighted by Gasteiger charge is 2.19. The van der Waals surface area contributed by atoms with Crippen molar-refractivity contribution >= 4 is 11.6 Å². The summed E-state index contributed by atoms with van der Waals surface area (Å²) in [5.41, 5.74) is 6.65. The molecule has 0 aliphatic heterocycles. The molecule has 1 aromatic rings. The van der Waals surface area contributed by atoms with Gasteiger partial charge < -0.3 is 10.5 Å². The number of nitrogens with two attached hydrogens (primary N) is 1. The third-order valence-electron chi connectivity index (χ3n) is 2.86. The van der Waals surface area contributed by atoms with Crippen molar-refractivity contribution in [3.05, 3.63) is 28.8 Å². The number of ether oxygens (including phenoxy) is 1. The standard InChI is InChI=1S/C12H16ClNO/c13-11-7-3-4-9(8-14)12(11)15-10-5-1-2-6-10/h3-4,7,10H,1-2,5-6,8,14H2. The van der Waals surface area contributed by atoms with Crippen molar-refractivity contribution in [1.82, 2.24) is 0 Å². The van der Waals surface area contributed by atoms with Crippen LogP contribution in [0.25, 0.3) is 0 Å². The van der Waals surface area contributed by atoms with Gasteiger partial charge in [0, 0.05) is 12.1 Å². The number of halogens is 1. The van der Waals surface area contributed by atoms with Crippen LogP contribution >= 0.6 is 11.6 Å². The monoisotopic (exact) mass is 225 g/mol. The van der Waals surface area contributed by atoms with Gasteiger partial charge in [0.05, 0.1) is 11.1 Å². The van der Waals surface area contributed by atoms with Crippen molar-refractivity contribution in [1.29, 1.82) is 0 Å². The molecule has 0 atom stereocenters. The van der Waals surface area contributed by atoms with Crippen LogP contribution in [0.3, 0.4) is 0 Å². The Labute approximate surface area is 95.4 Å². The van der Waals surface area contributed by atoms with Gasteiger partial charge in [-0.05, 0) is 31.7 Å². The highest BCUT2D eigenvalue weighted by Crippen LogP contribution is 2.32. The zero-order valence-corrected chi connectivity index (χ0v) is 9.46. The topological polar surface area (TPSA) is 35.2 Å². The highest BCUT2D eigenvalue weighted by atomic mass is 35.5. The van der Waals surface area contributed by atoms with Gasteiger partial charge in [-0.3, -0.25) is 0 Å². The normalized spacial score (nSPS) is 16.9. The fraction of sp³-hybridized carbons (Fsp3) is 0.500. The van der Waals surface area contributed by atoms with Gasteiger partial charge in [0.2, 0.25) is 0 Å². The molecule has 0 heterocycles. The summed E-state index contributed by atoms with van der Waals surface area (Å²) in [4.78, 5) is 0. The molecule has 0 amide bonds. The molecule has 82 valence electrons. The third-order valence-corrected chi connectivity index (χ3v) is 3.15. The number of hydrogen-bond donors (Lipinski definition) is 1. The summed E-state index contributed by atoms with van der Waals surface area (Å²) in [7, 11) is 0. The van der Waals surface area contributed by atoms with Crippen LogP contribution in [-0.2, 0) is 6.54 Å². The number of benzene rings is 1. The molecule has 15 heavy (non-hydrogen) atoms. The third kappa shape index (κ3) is 2.44. The van der Waals surface area contributed by atoms with Gasteiger partial charge >= 0.3 is 0 Å². The molecule has 2 N–H and O–H groups in total. The number of rotatable bonds is 3. The van der Waals surface area contributed by atoms with Crippen LogP contribution in [0.4, 0.5) is 0 Å². The lowest BCUT2D eigenvalue weighted by Crippen LogP contribution is -2.13. The van der Waals surface area contributed by atoms with E-state index in [-0.39, 0.29) is 0 Å². The van der Waals surface area contributed by atoms with Crippen molar-refractivity contribution < 1.29 is 4.74 Å². The van der Waals surface area contributed by atoms with E-state index in [1.54, 1.807) is 0 Å². The second-order valence-corrected chi connectivity index (χ2v) is 4.36. The molecule has 1 aromatic carbocycles. The minimum atomic E-state index is 0.329. The van der Waals surface area contributed by atoms with E-state index in [1.807, 2.05) is 18.2 Å². The Morgan fingerprint density at radius 2 is 2.07 bits per heavy atom. The van der Waals surface area contributed by atoms with Crippen molar-refractivity contribution in [2.24, 2.45) is 5.73 Å². The van der Waals surface area contributed by atoms with Crippen LogP contribution < -0.4 is 10.5 Å². The van der Waals surface area contributed by atoms with Crippen molar-refractivity contribution in [3.63, 3.8) is 0 Å². The largest absolute Gasteiger partial charge is 0.489 e. The maximum atomic E-state index is 6.11. The van der Waals surface area contributed by atoms with E-state index in [2.05, 4.69) is 0 Å². The molecule has 1 aliphatic rings. The van der Waals surface area contributed by atoms with Crippen LogP contribution in [0.5, 0.6) is 5.75 Å². The predicted octanol–water partition coefficient (Wildman–Crippen LogP) is 3.12. The molecule has 1 saturated carbocycles.